The van der Waals surface area contributed by atoms with E-state index < -0.39 is 0 Å². The van der Waals surface area contributed by atoms with Crippen LogP contribution in [-0.2, 0) is 0 Å². The fourth-order valence-corrected chi connectivity index (χ4v) is 1.23. The molecule has 0 amide bonds. The molecule has 2 aromatic rings. The highest BCUT2D eigenvalue weighted by Crippen LogP contribution is 2.19. The molecule has 2 nitrogen and oxygen atoms in total. The molecule has 0 fully saturated rings. The van der Waals surface area contributed by atoms with Gasteiger partial charge in [-0.1, -0.05) is 19.9 Å². The number of hydrogen-bond acceptors (Lipinski definition) is 1. The Labute approximate surface area is 89.2 Å². The smallest absolute Gasteiger partial charge is 0.126 e. The summed E-state index contributed by atoms with van der Waals surface area (Å²) >= 11 is 0. The number of aromatic nitrogens is 2. The van der Waals surface area contributed by atoms with Crippen molar-refractivity contribution in [2.45, 2.75) is 20.8 Å². The minimum Gasteiger partial charge on any atom is -0.285 e. The fourth-order valence-electron chi connectivity index (χ4n) is 1.23. The van der Waals surface area contributed by atoms with Gasteiger partial charge in [-0.3, -0.25) is 5.10 Å². The zero-order valence-electron chi connectivity index (χ0n) is 9.21. The normalized spacial score (nSPS) is 9.33. The van der Waals surface area contributed by atoms with Crippen LogP contribution in [0.15, 0.2) is 30.6 Å². The Morgan fingerprint density at radius 1 is 1.20 bits per heavy atom. The van der Waals surface area contributed by atoms with E-state index >= 15 is 0 Å². The van der Waals surface area contributed by atoms with Crippen LogP contribution in [0.5, 0.6) is 0 Å². The standard InChI is InChI=1S/C10H9FN2.C2H6/c1-7-4-8(2-3-10(7)11)9-5-12-13-6-9;1-2/h2-6H,1H3,(H,12,13);1-2H3. The second-order valence-electron chi connectivity index (χ2n) is 2.95. The molecule has 0 atom stereocenters. The lowest BCUT2D eigenvalue weighted by Gasteiger charge is -1.99. The van der Waals surface area contributed by atoms with Crippen molar-refractivity contribution >= 4 is 0 Å². The van der Waals surface area contributed by atoms with E-state index in [1.807, 2.05) is 13.8 Å². The summed E-state index contributed by atoms with van der Waals surface area (Å²) in [5.74, 6) is -0.174. The topological polar surface area (TPSA) is 28.7 Å². The molecule has 0 saturated carbocycles. The molecule has 3 heteroatoms. The van der Waals surface area contributed by atoms with Crippen LogP contribution in [0.3, 0.4) is 0 Å². The molecule has 0 aliphatic heterocycles. The summed E-state index contributed by atoms with van der Waals surface area (Å²) in [5, 5.41) is 6.55. The highest BCUT2D eigenvalue weighted by molar-refractivity contribution is 5.62. The Balaban J connectivity index is 0.000000531. The minimum absolute atomic E-state index is 0.174. The summed E-state index contributed by atoms with van der Waals surface area (Å²) in [4.78, 5) is 0. The van der Waals surface area contributed by atoms with Crippen molar-refractivity contribution in [2.24, 2.45) is 0 Å². The van der Waals surface area contributed by atoms with Gasteiger partial charge in [-0.25, -0.2) is 4.39 Å². The van der Waals surface area contributed by atoms with E-state index in [4.69, 9.17) is 0 Å². The number of H-pyrrole nitrogens is 1. The minimum atomic E-state index is -0.174. The number of hydrogen-bond donors (Lipinski definition) is 1. The van der Waals surface area contributed by atoms with Crippen molar-refractivity contribution in [2.75, 3.05) is 0 Å². The molecule has 80 valence electrons. The van der Waals surface area contributed by atoms with Crippen molar-refractivity contribution in [3.63, 3.8) is 0 Å². The second kappa shape index (κ2) is 5.29. The lowest BCUT2D eigenvalue weighted by Crippen LogP contribution is -1.82. The molecule has 0 spiro atoms. The zero-order chi connectivity index (χ0) is 11.3. The molecule has 0 bridgehead atoms. The SMILES string of the molecule is CC.Cc1cc(-c2cn[nH]c2)ccc1F. The molecule has 1 aromatic heterocycles. The van der Waals surface area contributed by atoms with Crippen molar-refractivity contribution in [3.8, 4) is 11.1 Å². The van der Waals surface area contributed by atoms with Crippen LogP contribution in [0, 0.1) is 12.7 Å². The largest absolute Gasteiger partial charge is 0.285 e. The van der Waals surface area contributed by atoms with Gasteiger partial charge in [-0.15, -0.1) is 0 Å². The predicted octanol–water partition coefficient (Wildman–Crippen LogP) is 3.55. The Morgan fingerprint density at radius 3 is 2.47 bits per heavy atom. The van der Waals surface area contributed by atoms with Crippen molar-refractivity contribution in [1.29, 1.82) is 0 Å². The molecule has 0 unspecified atom stereocenters. The molecular formula is C12H15FN2. The summed E-state index contributed by atoms with van der Waals surface area (Å²) in [6.07, 6.45) is 3.50. The maximum Gasteiger partial charge on any atom is 0.126 e. The first kappa shape index (κ1) is 11.4. The van der Waals surface area contributed by atoms with Crippen LogP contribution in [-0.4, -0.2) is 10.2 Å². The van der Waals surface area contributed by atoms with Crippen molar-refractivity contribution < 1.29 is 4.39 Å². The predicted molar refractivity (Wildman–Crippen MR) is 60.1 cm³/mol. The number of halogens is 1. The molecule has 0 aliphatic carbocycles. The van der Waals surface area contributed by atoms with Gasteiger partial charge >= 0.3 is 0 Å². The molecule has 1 aromatic carbocycles. The highest BCUT2D eigenvalue weighted by atomic mass is 19.1. The van der Waals surface area contributed by atoms with Gasteiger partial charge in [0.05, 0.1) is 6.20 Å². The Bertz CT molecular complexity index is 408. The number of benzene rings is 1. The van der Waals surface area contributed by atoms with Crippen LogP contribution in [0.25, 0.3) is 11.1 Å². The molecule has 15 heavy (non-hydrogen) atoms. The molecular weight excluding hydrogens is 191 g/mol. The van der Waals surface area contributed by atoms with Crippen LogP contribution < -0.4 is 0 Å². The Morgan fingerprint density at radius 2 is 1.93 bits per heavy atom. The van der Waals surface area contributed by atoms with Gasteiger partial charge in [0.1, 0.15) is 5.82 Å². The third-order valence-electron chi connectivity index (χ3n) is 1.99. The summed E-state index contributed by atoms with van der Waals surface area (Å²) in [5.41, 5.74) is 2.61. The summed E-state index contributed by atoms with van der Waals surface area (Å²) in [6.45, 7) is 5.75. The Hall–Kier alpha value is -1.64. The monoisotopic (exact) mass is 206 g/mol. The quantitative estimate of drug-likeness (QED) is 0.759. The molecule has 0 aliphatic rings. The summed E-state index contributed by atoms with van der Waals surface area (Å²) in [6, 6.07) is 5.02. The van der Waals surface area contributed by atoms with Gasteiger partial charge in [0.15, 0.2) is 0 Å². The highest BCUT2D eigenvalue weighted by Gasteiger charge is 2.01. The maximum atomic E-state index is 12.9. The van der Waals surface area contributed by atoms with E-state index in [-0.39, 0.29) is 5.82 Å². The van der Waals surface area contributed by atoms with Gasteiger partial charge in [-0.05, 0) is 30.2 Å². The van der Waals surface area contributed by atoms with Crippen LogP contribution in [0.4, 0.5) is 4.39 Å². The first-order valence-corrected chi connectivity index (χ1v) is 5.02. The Kier molecular flexibility index (Phi) is 4.03. The number of nitrogens with zero attached hydrogens (tertiary/aromatic N) is 1. The van der Waals surface area contributed by atoms with Crippen LogP contribution in [0.1, 0.15) is 19.4 Å². The lowest BCUT2D eigenvalue weighted by molar-refractivity contribution is 0.619. The average Bonchev–Trinajstić information content (AvgIpc) is 2.78. The second-order valence-corrected chi connectivity index (χ2v) is 2.95. The van der Waals surface area contributed by atoms with E-state index in [0.717, 1.165) is 11.1 Å². The number of rotatable bonds is 1. The van der Waals surface area contributed by atoms with Crippen molar-refractivity contribution in [3.05, 3.63) is 42.0 Å². The van der Waals surface area contributed by atoms with Gasteiger partial charge < -0.3 is 0 Å². The van der Waals surface area contributed by atoms with E-state index in [2.05, 4.69) is 10.2 Å². The lowest BCUT2D eigenvalue weighted by atomic mass is 10.1. The van der Waals surface area contributed by atoms with E-state index in [9.17, 15) is 4.39 Å². The van der Waals surface area contributed by atoms with E-state index in [1.54, 1.807) is 31.5 Å². The van der Waals surface area contributed by atoms with Crippen LogP contribution in [0.2, 0.25) is 0 Å². The maximum absolute atomic E-state index is 12.9. The number of nitrogens with one attached hydrogen (secondary N) is 1. The van der Waals surface area contributed by atoms with E-state index in [0.29, 0.717) is 5.56 Å². The molecule has 1 N–H and O–H groups in total. The summed E-state index contributed by atoms with van der Waals surface area (Å²) in [7, 11) is 0. The molecule has 1 heterocycles. The third-order valence-corrected chi connectivity index (χ3v) is 1.99. The fraction of sp³-hybridized carbons (Fsp3) is 0.250. The molecule has 0 radical (unpaired) electrons. The molecule has 2 rings (SSSR count). The number of aryl methyl sites for hydroxylation is 1. The van der Waals surface area contributed by atoms with Gasteiger partial charge in [0.25, 0.3) is 0 Å². The first-order valence-electron chi connectivity index (χ1n) is 5.02. The van der Waals surface area contributed by atoms with Gasteiger partial charge in [0, 0.05) is 11.8 Å². The zero-order valence-corrected chi connectivity index (χ0v) is 9.21. The van der Waals surface area contributed by atoms with E-state index in [1.165, 1.54) is 6.07 Å². The van der Waals surface area contributed by atoms with Gasteiger partial charge in [0.2, 0.25) is 0 Å². The van der Waals surface area contributed by atoms with Gasteiger partial charge in [-0.2, -0.15) is 5.10 Å². The number of aromatic amines is 1. The molecule has 0 saturated heterocycles. The third kappa shape index (κ3) is 2.65. The first-order chi connectivity index (χ1) is 7.27. The van der Waals surface area contributed by atoms with Crippen LogP contribution >= 0.6 is 0 Å². The van der Waals surface area contributed by atoms with Crippen molar-refractivity contribution in [1.82, 2.24) is 10.2 Å². The average molecular weight is 206 g/mol. The summed E-state index contributed by atoms with van der Waals surface area (Å²) < 4.78 is 12.9.